The Balaban J connectivity index is 1.28. The number of piperidine rings is 1. The molecule has 3 fully saturated rings. The summed E-state index contributed by atoms with van der Waals surface area (Å²) in [5.41, 5.74) is 2.11. The Morgan fingerprint density at radius 1 is 1.22 bits per heavy atom. The summed E-state index contributed by atoms with van der Waals surface area (Å²) in [6.07, 6.45) is 4.57. The molecule has 10 heteroatoms. The van der Waals surface area contributed by atoms with Crippen LogP contribution in [0.2, 0.25) is 0 Å². The van der Waals surface area contributed by atoms with Crippen LogP contribution in [-0.4, -0.2) is 63.5 Å². The van der Waals surface area contributed by atoms with Gasteiger partial charge in [-0.15, -0.1) is 0 Å². The van der Waals surface area contributed by atoms with Crippen molar-refractivity contribution in [3.63, 3.8) is 0 Å². The van der Waals surface area contributed by atoms with Gasteiger partial charge < -0.3 is 23.7 Å². The molecule has 2 saturated heterocycles. The van der Waals surface area contributed by atoms with Crippen LogP contribution in [0.3, 0.4) is 0 Å². The van der Waals surface area contributed by atoms with Crippen molar-refractivity contribution in [3.05, 3.63) is 48.0 Å². The number of carbonyl (C=O) groups is 1. The largest absolute Gasteiger partial charge is 0.472 e. The second kappa shape index (κ2) is 8.45. The van der Waals surface area contributed by atoms with E-state index in [2.05, 4.69) is 14.8 Å². The molecule has 2 aliphatic heterocycles. The standard InChI is InChI=1S/C26H26FN5O4/c1-26(6-7-26)36-25(33)32-9-15-12-34-13-16(10-32)23(15)35-24-22-21(29-14-30-24)19(11-31(22)3)18-5-4-17(28-2)8-20(18)27/h4-5,8,11,14-16,23H,6-7,9-10,12-13H2,1,3H3. The van der Waals surface area contributed by atoms with Gasteiger partial charge in [-0.1, -0.05) is 12.1 Å². The minimum absolute atomic E-state index is 0.0274. The molecule has 0 N–H and O–H groups in total. The highest BCUT2D eigenvalue weighted by Gasteiger charge is 2.47. The molecule has 186 valence electrons. The van der Waals surface area contributed by atoms with E-state index in [0.717, 1.165) is 12.8 Å². The number of amides is 1. The fraction of sp³-hybridized carbons (Fsp3) is 0.462. The number of aromatic nitrogens is 3. The van der Waals surface area contributed by atoms with Gasteiger partial charge in [0.25, 0.3) is 0 Å². The summed E-state index contributed by atoms with van der Waals surface area (Å²) in [5, 5.41) is 0. The van der Waals surface area contributed by atoms with Gasteiger partial charge in [-0.05, 0) is 25.8 Å². The van der Waals surface area contributed by atoms with Crippen molar-refractivity contribution in [1.82, 2.24) is 19.4 Å². The van der Waals surface area contributed by atoms with E-state index < -0.39 is 5.82 Å². The molecule has 3 aromatic rings. The number of nitrogens with zero attached hydrogens (tertiary/aromatic N) is 5. The highest BCUT2D eigenvalue weighted by atomic mass is 19.1. The van der Waals surface area contributed by atoms with Crippen molar-refractivity contribution in [1.29, 1.82) is 0 Å². The number of halogens is 1. The molecule has 9 nitrogen and oxygen atoms in total. The third kappa shape index (κ3) is 3.93. The smallest absolute Gasteiger partial charge is 0.410 e. The summed E-state index contributed by atoms with van der Waals surface area (Å²) in [4.78, 5) is 26.6. The molecule has 2 bridgehead atoms. The predicted molar refractivity (Wildman–Crippen MR) is 128 cm³/mol. The van der Waals surface area contributed by atoms with Crippen molar-refractivity contribution < 1.29 is 23.4 Å². The van der Waals surface area contributed by atoms with E-state index in [0.29, 0.717) is 54.3 Å². The van der Waals surface area contributed by atoms with Crippen LogP contribution in [0.4, 0.5) is 14.9 Å². The molecule has 2 aromatic heterocycles. The zero-order valence-electron chi connectivity index (χ0n) is 20.1. The van der Waals surface area contributed by atoms with Gasteiger partial charge >= 0.3 is 6.09 Å². The molecule has 3 aliphatic rings. The van der Waals surface area contributed by atoms with Gasteiger partial charge in [0.05, 0.1) is 19.8 Å². The minimum Gasteiger partial charge on any atom is -0.472 e. The maximum Gasteiger partial charge on any atom is 0.410 e. The fourth-order valence-electron chi connectivity index (χ4n) is 5.20. The predicted octanol–water partition coefficient (Wildman–Crippen LogP) is 4.34. The van der Waals surface area contributed by atoms with Crippen LogP contribution in [-0.2, 0) is 16.5 Å². The third-order valence-corrected chi connectivity index (χ3v) is 7.39. The first kappa shape index (κ1) is 22.7. The number of carbonyl (C=O) groups excluding carboxylic acids is 1. The lowest BCUT2D eigenvalue weighted by molar-refractivity contribution is -0.111. The molecular weight excluding hydrogens is 465 g/mol. The second-order valence-corrected chi connectivity index (χ2v) is 10.2. The average Bonchev–Trinajstić information content (AvgIpc) is 3.48. The maximum absolute atomic E-state index is 14.8. The Morgan fingerprint density at radius 2 is 1.97 bits per heavy atom. The molecule has 1 amide bonds. The van der Waals surface area contributed by atoms with Crippen molar-refractivity contribution in [2.45, 2.75) is 31.5 Å². The molecule has 36 heavy (non-hydrogen) atoms. The van der Waals surface area contributed by atoms with Gasteiger partial charge in [0, 0.05) is 49.3 Å². The van der Waals surface area contributed by atoms with Gasteiger partial charge in [-0.3, -0.25) is 0 Å². The van der Waals surface area contributed by atoms with Crippen molar-refractivity contribution >= 4 is 22.8 Å². The van der Waals surface area contributed by atoms with Gasteiger partial charge in [0.2, 0.25) is 5.88 Å². The molecule has 2 atom stereocenters. The van der Waals surface area contributed by atoms with Crippen LogP contribution in [0.1, 0.15) is 19.8 Å². The monoisotopic (exact) mass is 491 g/mol. The minimum atomic E-state index is -0.483. The van der Waals surface area contributed by atoms with Gasteiger partial charge in [0.15, 0.2) is 5.69 Å². The summed E-state index contributed by atoms with van der Waals surface area (Å²) >= 11 is 0. The highest BCUT2D eigenvalue weighted by molar-refractivity contribution is 5.95. The van der Waals surface area contributed by atoms with Crippen LogP contribution >= 0.6 is 0 Å². The number of ether oxygens (including phenoxy) is 3. The number of aryl methyl sites for hydroxylation is 1. The van der Waals surface area contributed by atoms with E-state index in [4.69, 9.17) is 20.8 Å². The molecule has 0 spiro atoms. The normalized spacial score (nSPS) is 24.3. The van der Waals surface area contributed by atoms with E-state index in [1.165, 1.54) is 12.4 Å². The first-order valence-corrected chi connectivity index (χ1v) is 12.0. The Labute approximate surface area is 207 Å². The first-order chi connectivity index (χ1) is 17.3. The zero-order valence-corrected chi connectivity index (χ0v) is 20.1. The quantitative estimate of drug-likeness (QED) is 0.505. The maximum atomic E-state index is 14.8. The van der Waals surface area contributed by atoms with Crippen molar-refractivity contribution in [2.24, 2.45) is 18.9 Å². The molecule has 0 radical (unpaired) electrons. The molecule has 4 heterocycles. The lowest BCUT2D eigenvalue weighted by atomic mass is 9.84. The number of hydrogen-bond acceptors (Lipinski definition) is 6. The Kier molecular flexibility index (Phi) is 5.34. The van der Waals surface area contributed by atoms with Crippen molar-refractivity contribution in [2.75, 3.05) is 26.3 Å². The van der Waals surface area contributed by atoms with Crippen molar-refractivity contribution in [3.8, 4) is 17.0 Å². The molecule has 1 aromatic carbocycles. The second-order valence-electron chi connectivity index (χ2n) is 10.2. The van der Waals surface area contributed by atoms with E-state index in [1.54, 1.807) is 23.2 Å². The Hall–Kier alpha value is -3.71. The van der Waals surface area contributed by atoms with Crippen LogP contribution in [0.25, 0.3) is 27.0 Å². The first-order valence-electron chi connectivity index (χ1n) is 12.0. The van der Waals surface area contributed by atoms with Crippen LogP contribution < -0.4 is 4.74 Å². The number of fused-ring (bicyclic) bond motifs is 3. The highest BCUT2D eigenvalue weighted by Crippen LogP contribution is 2.41. The number of likely N-dealkylation sites (tertiary alicyclic amines) is 1. The molecule has 1 aliphatic carbocycles. The van der Waals surface area contributed by atoms with Crippen LogP contribution in [0.5, 0.6) is 5.88 Å². The van der Waals surface area contributed by atoms with Crippen LogP contribution in [0, 0.1) is 24.2 Å². The summed E-state index contributed by atoms with van der Waals surface area (Å²) in [7, 11) is 1.84. The number of hydrogen-bond donors (Lipinski definition) is 0. The van der Waals surface area contributed by atoms with E-state index >= 15 is 0 Å². The molecule has 1 saturated carbocycles. The Morgan fingerprint density at radius 3 is 2.64 bits per heavy atom. The van der Waals surface area contributed by atoms with Gasteiger partial charge in [-0.2, -0.15) is 4.98 Å². The summed E-state index contributed by atoms with van der Waals surface area (Å²) in [6.45, 7) is 11.0. The average molecular weight is 492 g/mol. The summed E-state index contributed by atoms with van der Waals surface area (Å²) in [5.74, 6) is -0.126. The molecular formula is C26H26FN5O4. The topological polar surface area (TPSA) is 83.1 Å². The van der Waals surface area contributed by atoms with Gasteiger partial charge in [0.1, 0.15) is 34.9 Å². The zero-order chi connectivity index (χ0) is 25.0. The van der Waals surface area contributed by atoms with E-state index in [9.17, 15) is 9.18 Å². The third-order valence-electron chi connectivity index (χ3n) is 7.39. The van der Waals surface area contributed by atoms with E-state index in [-0.39, 0.29) is 35.3 Å². The lowest BCUT2D eigenvalue weighted by Gasteiger charge is -2.46. The SMILES string of the molecule is [C-]#[N+]c1ccc(-c2cn(C)c3c(OC4C5COCC4CN(C(=O)OC4(C)CC4)C5)ncnc23)c(F)c1. The molecule has 2 unspecified atom stereocenters. The number of benzene rings is 1. The Bertz CT molecular complexity index is 1380. The lowest BCUT2D eigenvalue weighted by Crippen LogP contribution is -2.59. The van der Waals surface area contributed by atoms with Gasteiger partial charge in [-0.25, -0.2) is 19.0 Å². The fourth-order valence-corrected chi connectivity index (χ4v) is 5.20. The van der Waals surface area contributed by atoms with Crippen LogP contribution in [0.15, 0.2) is 30.7 Å². The summed E-state index contributed by atoms with van der Waals surface area (Å²) < 4.78 is 34.6. The summed E-state index contributed by atoms with van der Waals surface area (Å²) in [6, 6.07) is 4.41. The number of rotatable bonds is 4. The van der Waals surface area contributed by atoms with E-state index in [1.807, 2.05) is 18.5 Å². The molecule has 6 rings (SSSR count).